The van der Waals surface area contributed by atoms with Crippen LogP contribution in [0.25, 0.3) is 10.9 Å². The van der Waals surface area contributed by atoms with E-state index in [2.05, 4.69) is 17.1 Å². The molecule has 0 radical (unpaired) electrons. The number of para-hydroxylation sites is 1. The number of ether oxygens (including phenoxy) is 3. The highest BCUT2D eigenvalue weighted by molar-refractivity contribution is 5.80. The predicted octanol–water partition coefficient (Wildman–Crippen LogP) is 2.12. The second kappa shape index (κ2) is 4.55. The maximum atomic E-state index is 9.52. The molecular formula is C16H19NO4. The van der Waals surface area contributed by atoms with E-state index in [4.69, 9.17) is 14.2 Å². The molecule has 1 aromatic heterocycles. The van der Waals surface area contributed by atoms with Crippen molar-refractivity contribution < 1.29 is 19.3 Å². The number of aromatic amines is 1. The topological polar surface area (TPSA) is 63.7 Å². The fourth-order valence-corrected chi connectivity index (χ4v) is 3.33. The van der Waals surface area contributed by atoms with Gasteiger partial charge in [0.15, 0.2) is 5.79 Å². The summed E-state index contributed by atoms with van der Waals surface area (Å²) in [5.74, 6) is -0.642. The lowest BCUT2D eigenvalue weighted by Crippen LogP contribution is -2.31. The summed E-state index contributed by atoms with van der Waals surface area (Å²) in [5, 5.41) is 10.7. The standard InChI is InChI=1S/C16H19NO4/c1-16(2)20-14-12(8-18)19-13(15(14)21-16)11-7-9-5-3-4-6-10(9)17-11/h3-7,12-15,17-18H,8H2,1-2H3/t12-,13-,14-,15+/m1/s1. The van der Waals surface area contributed by atoms with E-state index in [-0.39, 0.29) is 31.0 Å². The quantitative estimate of drug-likeness (QED) is 0.889. The molecule has 2 saturated heterocycles. The van der Waals surface area contributed by atoms with E-state index in [0.29, 0.717) is 0 Å². The third-order valence-electron chi connectivity index (χ3n) is 4.19. The Kier molecular flexibility index (Phi) is 2.87. The highest BCUT2D eigenvalue weighted by Crippen LogP contribution is 2.45. The van der Waals surface area contributed by atoms with E-state index in [0.717, 1.165) is 16.6 Å². The van der Waals surface area contributed by atoms with Crippen LogP contribution in [0.4, 0.5) is 0 Å². The van der Waals surface area contributed by atoms with Crippen LogP contribution in [-0.2, 0) is 14.2 Å². The van der Waals surface area contributed by atoms with Crippen molar-refractivity contribution in [3.8, 4) is 0 Å². The predicted molar refractivity (Wildman–Crippen MR) is 76.8 cm³/mol. The number of hydrogen-bond donors (Lipinski definition) is 2. The van der Waals surface area contributed by atoms with Gasteiger partial charge in [-0.15, -0.1) is 0 Å². The Morgan fingerprint density at radius 1 is 1.19 bits per heavy atom. The van der Waals surface area contributed by atoms with Crippen molar-refractivity contribution in [1.29, 1.82) is 0 Å². The zero-order chi connectivity index (χ0) is 14.6. The lowest BCUT2D eigenvalue weighted by Gasteiger charge is -2.23. The molecule has 0 bridgehead atoms. The first-order valence-corrected chi connectivity index (χ1v) is 7.27. The van der Waals surface area contributed by atoms with Gasteiger partial charge >= 0.3 is 0 Å². The van der Waals surface area contributed by atoms with Crippen LogP contribution in [0.3, 0.4) is 0 Å². The number of nitrogens with one attached hydrogen (secondary N) is 1. The molecule has 4 atom stereocenters. The second-order valence-electron chi connectivity index (χ2n) is 6.15. The molecule has 21 heavy (non-hydrogen) atoms. The lowest BCUT2D eigenvalue weighted by atomic mass is 10.1. The molecule has 5 nitrogen and oxygen atoms in total. The minimum atomic E-state index is -0.642. The summed E-state index contributed by atoms with van der Waals surface area (Å²) in [6, 6.07) is 10.2. The largest absolute Gasteiger partial charge is 0.394 e. The van der Waals surface area contributed by atoms with Crippen molar-refractivity contribution in [2.75, 3.05) is 6.61 Å². The first-order chi connectivity index (χ1) is 10.1. The molecule has 0 aliphatic carbocycles. The monoisotopic (exact) mass is 289 g/mol. The maximum Gasteiger partial charge on any atom is 0.164 e. The number of hydrogen-bond acceptors (Lipinski definition) is 4. The van der Waals surface area contributed by atoms with Gasteiger partial charge in [-0.1, -0.05) is 18.2 Å². The van der Waals surface area contributed by atoms with Gasteiger partial charge in [-0.05, 0) is 31.4 Å². The molecule has 4 rings (SSSR count). The van der Waals surface area contributed by atoms with Gasteiger partial charge in [-0.25, -0.2) is 0 Å². The van der Waals surface area contributed by atoms with Gasteiger partial charge in [-0.2, -0.15) is 0 Å². The van der Waals surface area contributed by atoms with E-state index >= 15 is 0 Å². The van der Waals surface area contributed by atoms with E-state index in [1.165, 1.54) is 0 Å². The van der Waals surface area contributed by atoms with Crippen LogP contribution >= 0.6 is 0 Å². The summed E-state index contributed by atoms with van der Waals surface area (Å²) < 4.78 is 17.8. The molecule has 2 fully saturated rings. The van der Waals surface area contributed by atoms with Gasteiger partial charge < -0.3 is 24.3 Å². The first kappa shape index (κ1) is 13.3. The van der Waals surface area contributed by atoms with Crippen molar-refractivity contribution in [2.45, 2.75) is 44.1 Å². The van der Waals surface area contributed by atoms with Crippen molar-refractivity contribution in [2.24, 2.45) is 0 Å². The minimum absolute atomic E-state index is 0.0721. The third-order valence-corrected chi connectivity index (χ3v) is 4.19. The fraction of sp³-hybridized carbons (Fsp3) is 0.500. The SMILES string of the molecule is CC1(C)O[C@@H]2[C@H](O1)[C@@H](CO)O[C@@H]2c1cc2ccccc2[nH]1. The molecule has 2 aromatic rings. The maximum absolute atomic E-state index is 9.52. The molecule has 1 aromatic carbocycles. The number of aromatic nitrogens is 1. The molecule has 0 unspecified atom stereocenters. The molecule has 2 N–H and O–H groups in total. The minimum Gasteiger partial charge on any atom is -0.394 e. The Labute approximate surface area is 122 Å². The average Bonchev–Trinajstić information content (AvgIpc) is 3.08. The Morgan fingerprint density at radius 3 is 2.71 bits per heavy atom. The zero-order valence-electron chi connectivity index (χ0n) is 12.1. The summed E-state index contributed by atoms with van der Waals surface area (Å²) in [7, 11) is 0. The highest BCUT2D eigenvalue weighted by Gasteiger charge is 2.55. The number of fused-ring (bicyclic) bond motifs is 2. The van der Waals surface area contributed by atoms with E-state index in [1.807, 2.05) is 32.0 Å². The number of aliphatic hydroxyl groups excluding tert-OH is 1. The van der Waals surface area contributed by atoms with Crippen LogP contribution in [0.2, 0.25) is 0 Å². The summed E-state index contributed by atoms with van der Waals surface area (Å²) in [6.07, 6.45) is -1.04. The van der Waals surface area contributed by atoms with Gasteiger partial charge in [-0.3, -0.25) is 0 Å². The molecule has 5 heteroatoms. The Bertz CT molecular complexity index is 632. The first-order valence-electron chi connectivity index (χ1n) is 7.27. The summed E-state index contributed by atoms with van der Waals surface area (Å²) in [6.45, 7) is 3.71. The van der Waals surface area contributed by atoms with Crippen LogP contribution in [-0.4, -0.2) is 40.8 Å². The molecule has 0 spiro atoms. The van der Waals surface area contributed by atoms with Crippen molar-refractivity contribution in [1.82, 2.24) is 4.98 Å². The van der Waals surface area contributed by atoms with Crippen LogP contribution in [0.5, 0.6) is 0 Å². The molecule has 3 heterocycles. The number of benzene rings is 1. The third kappa shape index (κ3) is 2.08. The van der Waals surface area contributed by atoms with Gasteiger partial charge in [0.1, 0.15) is 24.4 Å². The van der Waals surface area contributed by atoms with E-state index in [1.54, 1.807) is 0 Å². The normalized spacial score (nSPS) is 34.4. The van der Waals surface area contributed by atoms with Gasteiger partial charge in [0, 0.05) is 11.2 Å². The average molecular weight is 289 g/mol. The fourth-order valence-electron chi connectivity index (χ4n) is 3.33. The molecule has 0 amide bonds. The van der Waals surface area contributed by atoms with Crippen LogP contribution in [0.1, 0.15) is 25.6 Å². The van der Waals surface area contributed by atoms with Crippen molar-refractivity contribution in [3.05, 3.63) is 36.0 Å². The van der Waals surface area contributed by atoms with Gasteiger partial charge in [0.05, 0.1) is 6.61 Å². The summed E-state index contributed by atoms with van der Waals surface area (Å²) >= 11 is 0. The molecule has 112 valence electrons. The van der Waals surface area contributed by atoms with Crippen LogP contribution in [0.15, 0.2) is 30.3 Å². The van der Waals surface area contributed by atoms with Crippen molar-refractivity contribution >= 4 is 10.9 Å². The van der Waals surface area contributed by atoms with Gasteiger partial charge in [0.2, 0.25) is 0 Å². The number of aliphatic hydroxyl groups is 1. The van der Waals surface area contributed by atoms with Crippen LogP contribution < -0.4 is 0 Å². The lowest BCUT2D eigenvalue weighted by molar-refractivity contribution is -0.191. The molecule has 2 aliphatic heterocycles. The Hall–Kier alpha value is -1.40. The zero-order valence-corrected chi connectivity index (χ0v) is 12.1. The number of rotatable bonds is 2. The molecular weight excluding hydrogens is 270 g/mol. The summed E-state index contributed by atoms with van der Waals surface area (Å²) in [4.78, 5) is 3.38. The number of H-pyrrole nitrogens is 1. The van der Waals surface area contributed by atoms with E-state index in [9.17, 15) is 5.11 Å². The van der Waals surface area contributed by atoms with Crippen LogP contribution in [0, 0.1) is 0 Å². The van der Waals surface area contributed by atoms with E-state index < -0.39 is 5.79 Å². The summed E-state index contributed by atoms with van der Waals surface area (Å²) in [5.41, 5.74) is 2.03. The molecule has 2 aliphatic rings. The Morgan fingerprint density at radius 2 is 1.95 bits per heavy atom. The second-order valence-corrected chi connectivity index (χ2v) is 6.15. The molecule has 0 saturated carbocycles. The van der Waals surface area contributed by atoms with Gasteiger partial charge in [0.25, 0.3) is 0 Å². The highest BCUT2D eigenvalue weighted by atomic mass is 16.8. The van der Waals surface area contributed by atoms with Crippen molar-refractivity contribution in [3.63, 3.8) is 0 Å². The Balaban J connectivity index is 1.71. The smallest absolute Gasteiger partial charge is 0.164 e.